The molecule has 106 valence electrons. The Morgan fingerprint density at radius 1 is 1.11 bits per heavy atom. The van der Waals surface area contributed by atoms with Gasteiger partial charge in [0.2, 0.25) is 0 Å². The first-order valence-electron chi connectivity index (χ1n) is 7.11. The zero-order valence-corrected chi connectivity index (χ0v) is 12.1. The maximum Gasteiger partial charge on any atom is 0.191 e. The normalized spacial score (nSPS) is 12.2. The van der Waals surface area contributed by atoms with Gasteiger partial charge in [-0.3, -0.25) is 4.79 Å². The highest BCUT2D eigenvalue weighted by Crippen LogP contribution is 2.16. The predicted octanol–water partition coefficient (Wildman–Crippen LogP) is 3.86. The van der Waals surface area contributed by atoms with Crippen molar-refractivity contribution in [2.24, 2.45) is 0 Å². The van der Waals surface area contributed by atoms with Crippen molar-refractivity contribution in [2.75, 3.05) is 13.2 Å². The Morgan fingerprint density at radius 2 is 1.79 bits per heavy atom. The molecule has 0 saturated carbocycles. The van der Waals surface area contributed by atoms with Crippen LogP contribution in [0.15, 0.2) is 24.3 Å². The van der Waals surface area contributed by atoms with Crippen molar-refractivity contribution in [1.29, 1.82) is 0 Å². The molecule has 0 heterocycles. The fraction of sp³-hybridized carbons (Fsp3) is 0.562. The molecule has 1 aromatic rings. The second kappa shape index (κ2) is 8.70. The SMILES string of the molecule is CCCOc1ccc(C(=O)C(CCC)OCC)cc1. The molecule has 19 heavy (non-hydrogen) atoms. The first-order chi connectivity index (χ1) is 9.22. The topological polar surface area (TPSA) is 35.5 Å². The maximum absolute atomic E-state index is 12.3. The number of benzene rings is 1. The van der Waals surface area contributed by atoms with E-state index in [2.05, 4.69) is 13.8 Å². The monoisotopic (exact) mass is 264 g/mol. The second-order valence-corrected chi connectivity index (χ2v) is 4.47. The van der Waals surface area contributed by atoms with Crippen molar-refractivity contribution in [3.63, 3.8) is 0 Å². The van der Waals surface area contributed by atoms with E-state index < -0.39 is 0 Å². The fourth-order valence-corrected chi connectivity index (χ4v) is 1.87. The van der Waals surface area contributed by atoms with Crippen molar-refractivity contribution in [1.82, 2.24) is 0 Å². The van der Waals surface area contributed by atoms with Gasteiger partial charge in [-0.25, -0.2) is 0 Å². The molecule has 0 fully saturated rings. The molecule has 0 spiro atoms. The van der Waals surface area contributed by atoms with Gasteiger partial charge in [0.15, 0.2) is 5.78 Å². The van der Waals surface area contributed by atoms with Crippen LogP contribution in [0.5, 0.6) is 5.75 Å². The summed E-state index contributed by atoms with van der Waals surface area (Å²) in [5.74, 6) is 0.868. The molecule has 0 radical (unpaired) electrons. The molecule has 1 aromatic carbocycles. The van der Waals surface area contributed by atoms with Crippen molar-refractivity contribution in [3.8, 4) is 5.75 Å². The van der Waals surface area contributed by atoms with Crippen LogP contribution >= 0.6 is 0 Å². The Kier molecular flexibility index (Phi) is 7.19. The second-order valence-electron chi connectivity index (χ2n) is 4.47. The van der Waals surface area contributed by atoms with Gasteiger partial charge in [0.1, 0.15) is 11.9 Å². The number of ether oxygens (including phenoxy) is 2. The minimum absolute atomic E-state index is 0.0609. The third-order valence-electron chi connectivity index (χ3n) is 2.82. The van der Waals surface area contributed by atoms with Crippen molar-refractivity contribution in [3.05, 3.63) is 29.8 Å². The number of carbonyl (C=O) groups excluding carboxylic acids is 1. The number of ketones is 1. The lowest BCUT2D eigenvalue weighted by Crippen LogP contribution is -2.24. The highest BCUT2D eigenvalue weighted by molar-refractivity contribution is 5.99. The predicted molar refractivity (Wildman–Crippen MR) is 76.9 cm³/mol. The van der Waals surface area contributed by atoms with Gasteiger partial charge in [-0.15, -0.1) is 0 Å². The van der Waals surface area contributed by atoms with Gasteiger partial charge in [-0.1, -0.05) is 20.3 Å². The third kappa shape index (κ3) is 5.03. The van der Waals surface area contributed by atoms with Crippen LogP contribution in [0.3, 0.4) is 0 Å². The van der Waals surface area contributed by atoms with Gasteiger partial charge in [-0.2, -0.15) is 0 Å². The summed E-state index contributed by atoms with van der Waals surface area (Å²) < 4.78 is 11.0. The molecule has 0 aliphatic carbocycles. The van der Waals surface area contributed by atoms with Crippen molar-refractivity contribution >= 4 is 5.78 Å². The molecular weight excluding hydrogens is 240 g/mol. The lowest BCUT2D eigenvalue weighted by molar-refractivity contribution is 0.0423. The van der Waals surface area contributed by atoms with Gasteiger partial charge in [0, 0.05) is 12.2 Å². The summed E-state index contributed by atoms with van der Waals surface area (Å²) in [6, 6.07) is 7.32. The minimum Gasteiger partial charge on any atom is -0.494 e. The Bertz CT molecular complexity index is 364. The zero-order chi connectivity index (χ0) is 14.1. The summed E-state index contributed by atoms with van der Waals surface area (Å²) in [6.07, 6.45) is 2.36. The molecule has 0 saturated heterocycles. The van der Waals surface area contributed by atoms with E-state index in [0.717, 1.165) is 25.0 Å². The van der Waals surface area contributed by atoms with E-state index in [4.69, 9.17) is 9.47 Å². The van der Waals surface area contributed by atoms with E-state index in [0.29, 0.717) is 18.8 Å². The molecule has 0 N–H and O–H groups in total. The average Bonchev–Trinajstić information content (AvgIpc) is 2.44. The molecule has 0 aromatic heterocycles. The number of rotatable bonds is 9. The molecule has 3 heteroatoms. The van der Waals surface area contributed by atoms with Crippen LogP contribution in [0.4, 0.5) is 0 Å². The number of carbonyl (C=O) groups is 1. The largest absolute Gasteiger partial charge is 0.494 e. The number of hydrogen-bond acceptors (Lipinski definition) is 3. The van der Waals surface area contributed by atoms with Crippen LogP contribution in [0.25, 0.3) is 0 Å². The van der Waals surface area contributed by atoms with E-state index in [1.165, 1.54) is 0 Å². The average molecular weight is 264 g/mol. The summed E-state index contributed by atoms with van der Waals surface area (Å²) in [4.78, 5) is 12.3. The molecule has 0 amide bonds. The Hall–Kier alpha value is -1.35. The van der Waals surface area contributed by atoms with Gasteiger partial charge in [-0.05, 0) is 44.0 Å². The van der Waals surface area contributed by atoms with Crippen LogP contribution in [-0.4, -0.2) is 25.1 Å². The highest BCUT2D eigenvalue weighted by Gasteiger charge is 2.19. The van der Waals surface area contributed by atoms with Crippen LogP contribution in [-0.2, 0) is 4.74 Å². The smallest absolute Gasteiger partial charge is 0.191 e. The lowest BCUT2D eigenvalue weighted by atomic mass is 10.0. The Morgan fingerprint density at radius 3 is 2.32 bits per heavy atom. The Balaban J connectivity index is 2.69. The van der Waals surface area contributed by atoms with E-state index in [1.807, 2.05) is 31.2 Å². The van der Waals surface area contributed by atoms with E-state index in [-0.39, 0.29) is 11.9 Å². The molecule has 1 atom stereocenters. The van der Waals surface area contributed by atoms with Crippen molar-refractivity contribution in [2.45, 2.75) is 46.1 Å². The number of hydrogen-bond donors (Lipinski definition) is 0. The molecule has 0 bridgehead atoms. The molecule has 3 nitrogen and oxygen atoms in total. The molecule has 0 aliphatic rings. The van der Waals surface area contributed by atoms with Gasteiger partial charge in [0.25, 0.3) is 0 Å². The van der Waals surface area contributed by atoms with E-state index in [1.54, 1.807) is 0 Å². The third-order valence-corrected chi connectivity index (χ3v) is 2.82. The summed E-state index contributed by atoms with van der Waals surface area (Å²) in [7, 11) is 0. The van der Waals surface area contributed by atoms with Gasteiger partial charge >= 0.3 is 0 Å². The summed E-state index contributed by atoms with van der Waals surface area (Å²) >= 11 is 0. The lowest BCUT2D eigenvalue weighted by Gasteiger charge is -2.15. The quantitative estimate of drug-likeness (QED) is 0.635. The molecule has 1 rings (SSSR count). The minimum atomic E-state index is -0.322. The molecule has 0 aliphatic heterocycles. The van der Waals surface area contributed by atoms with Crippen LogP contribution in [0.2, 0.25) is 0 Å². The first-order valence-corrected chi connectivity index (χ1v) is 7.11. The maximum atomic E-state index is 12.3. The van der Waals surface area contributed by atoms with Crippen molar-refractivity contribution < 1.29 is 14.3 Å². The summed E-state index contributed by atoms with van der Waals surface area (Å²) in [5.41, 5.74) is 0.691. The fourth-order valence-electron chi connectivity index (χ4n) is 1.87. The summed E-state index contributed by atoms with van der Waals surface area (Å²) in [5, 5.41) is 0. The first kappa shape index (κ1) is 15.7. The molecular formula is C16H24O3. The zero-order valence-electron chi connectivity index (χ0n) is 12.1. The van der Waals surface area contributed by atoms with E-state index >= 15 is 0 Å². The number of Topliss-reactive ketones (excluding diaryl/α,β-unsaturated/α-hetero) is 1. The standard InChI is InChI=1S/C16H24O3/c1-4-7-15(18-6-3)16(17)13-8-10-14(11-9-13)19-12-5-2/h8-11,15H,4-7,12H2,1-3H3. The van der Waals surface area contributed by atoms with Gasteiger partial charge in [0.05, 0.1) is 6.61 Å². The van der Waals surface area contributed by atoms with Gasteiger partial charge < -0.3 is 9.47 Å². The van der Waals surface area contributed by atoms with Crippen LogP contribution in [0, 0.1) is 0 Å². The van der Waals surface area contributed by atoms with Crippen LogP contribution < -0.4 is 4.74 Å². The molecule has 1 unspecified atom stereocenters. The van der Waals surface area contributed by atoms with Crippen LogP contribution in [0.1, 0.15) is 50.4 Å². The Labute approximate surface area is 115 Å². The highest BCUT2D eigenvalue weighted by atomic mass is 16.5. The van der Waals surface area contributed by atoms with E-state index in [9.17, 15) is 4.79 Å². The summed E-state index contributed by atoms with van der Waals surface area (Å²) in [6.45, 7) is 7.30.